The first-order chi connectivity index (χ1) is 12.5. The van der Waals surface area contributed by atoms with Crippen LogP contribution in [-0.2, 0) is 4.79 Å². The van der Waals surface area contributed by atoms with E-state index < -0.39 is 0 Å². The molecule has 2 aromatic rings. The molecular formula is C19H25N5O2. The van der Waals surface area contributed by atoms with E-state index in [1.165, 1.54) is 0 Å². The van der Waals surface area contributed by atoms with E-state index in [0.717, 1.165) is 38.0 Å². The van der Waals surface area contributed by atoms with Crippen molar-refractivity contribution in [2.45, 2.75) is 25.7 Å². The van der Waals surface area contributed by atoms with Gasteiger partial charge in [0.1, 0.15) is 12.7 Å². The normalized spacial score (nSPS) is 17.2. The Hall–Kier alpha value is -2.70. The molecule has 3 rings (SSSR count). The summed E-state index contributed by atoms with van der Waals surface area (Å²) in [5, 5.41) is 7.58. The third-order valence-corrected chi connectivity index (χ3v) is 4.90. The fraction of sp³-hybridized carbons (Fsp3) is 0.474. The van der Waals surface area contributed by atoms with Gasteiger partial charge in [-0.1, -0.05) is 0 Å². The van der Waals surface area contributed by atoms with E-state index in [0.29, 0.717) is 17.9 Å². The molecule has 0 spiro atoms. The van der Waals surface area contributed by atoms with Crippen molar-refractivity contribution in [2.24, 2.45) is 5.92 Å². The molecule has 0 saturated carbocycles. The summed E-state index contributed by atoms with van der Waals surface area (Å²) in [6, 6.07) is 7.48. The predicted molar refractivity (Wildman–Crippen MR) is 97.9 cm³/mol. The highest BCUT2D eigenvalue weighted by Crippen LogP contribution is 2.23. The lowest BCUT2D eigenvalue weighted by molar-refractivity contribution is -0.129. The zero-order chi connectivity index (χ0) is 18.5. The second-order valence-corrected chi connectivity index (χ2v) is 7.00. The molecule has 0 aliphatic carbocycles. The van der Waals surface area contributed by atoms with Gasteiger partial charge in [0.05, 0.1) is 0 Å². The van der Waals surface area contributed by atoms with Crippen LogP contribution < -0.4 is 0 Å². The third-order valence-electron chi connectivity index (χ3n) is 4.90. The smallest absolute Gasteiger partial charge is 0.253 e. The molecule has 26 heavy (non-hydrogen) atoms. The van der Waals surface area contributed by atoms with Gasteiger partial charge in [-0.05, 0) is 49.4 Å². The molecule has 0 bridgehead atoms. The number of piperidine rings is 1. The number of benzene rings is 1. The van der Waals surface area contributed by atoms with Crippen molar-refractivity contribution in [3.8, 4) is 5.69 Å². The summed E-state index contributed by atoms with van der Waals surface area (Å²) in [5.74, 6) is 0.606. The van der Waals surface area contributed by atoms with E-state index in [4.69, 9.17) is 0 Å². The van der Waals surface area contributed by atoms with Gasteiger partial charge in [0.2, 0.25) is 5.91 Å². The monoisotopic (exact) mass is 355 g/mol. The lowest BCUT2D eigenvalue weighted by atomic mass is 9.92. The van der Waals surface area contributed by atoms with Crippen molar-refractivity contribution in [1.82, 2.24) is 24.6 Å². The molecule has 7 heteroatoms. The number of carbonyl (C=O) groups is 2. The van der Waals surface area contributed by atoms with Gasteiger partial charge in [-0.2, -0.15) is 0 Å². The highest BCUT2D eigenvalue weighted by Gasteiger charge is 2.25. The topological polar surface area (TPSA) is 71.3 Å². The summed E-state index contributed by atoms with van der Waals surface area (Å²) in [6.07, 6.45) is 6.71. The highest BCUT2D eigenvalue weighted by molar-refractivity contribution is 5.94. The number of hydrogen-bond acceptors (Lipinski definition) is 4. The molecule has 1 aliphatic heterocycles. The van der Waals surface area contributed by atoms with Gasteiger partial charge in [-0.15, -0.1) is 10.2 Å². The number of likely N-dealkylation sites (tertiary alicyclic amines) is 1. The summed E-state index contributed by atoms with van der Waals surface area (Å²) in [7, 11) is 3.56. The van der Waals surface area contributed by atoms with Crippen LogP contribution in [0.15, 0.2) is 36.9 Å². The molecule has 2 heterocycles. The SMILES string of the molecule is CN(C)C(=O)CCC1CCCN(C(=O)c2ccc(-n3cnnc3)cc2)C1. The maximum Gasteiger partial charge on any atom is 0.253 e. The molecule has 1 atom stereocenters. The van der Waals surface area contributed by atoms with E-state index in [9.17, 15) is 9.59 Å². The first-order valence-corrected chi connectivity index (χ1v) is 8.99. The van der Waals surface area contributed by atoms with Gasteiger partial charge in [-0.3, -0.25) is 14.2 Å². The number of rotatable bonds is 5. The molecule has 1 aromatic heterocycles. The second-order valence-electron chi connectivity index (χ2n) is 7.00. The van der Waals surface area contributed by atoms with Crippen LogP contribution in [-0.4, -0.2) is 63.6 Å². The summed E-state index contributed by atoms with van der Waals surface area (Å²) < 4.78 is 1.80. The Kier molecular flexibility index (Phi) is 5.65. The van der Waals surface area contributed by atoms with Crippen LogP contribution in [0.25, 0.3) is 5.69 Å². The molecule has 1 saturated heterocycles. The minimum Gasteiger partial charge on any atom is -0.349 e. The number of amides is 2. The molecule has 1 aliphatic rings. The Morgan fingerprint density at radius 1 is 1.15 bits per heavy atom. The molecule has 138 valence electrons. The first kappa shape index (κ1) is 18.1. The van der Waals surface area contributed by atoms with Gasteiger partial charge < -0.3 is 9.80 Å². The lowest BCUT2D eigenvalue weighted by Gasteiger charge is -2.33. The van der Waals surface area contributed by atoms with Crippen LogP contribution in [0, 0.1) is 5.92 Å². The summed E-state index contributed by atoms with van der Waals surface area (Å²) >= 11 is 0. The van der Waals surface area contributed by atoms with E-state index in [1.807, 2.05) is 29.2 Å². The number of carbonyl (C=O) groups excluding carboxylic acids is 2. The van der Waals surface area contributed by atoms with Gasteiger partial charge in [-0.25, -0.2) is 0 Å². The molecule has 1 fully saturated rings. The van der Waals surface area contributed by atoms with E-state index in [-0.39, 0.29) is 11.8 Å². The zero-order valence-electron chi connectivity index (χ0n) is 15.3. The van der Waals surface area contributed by atoms with Gasteiger partial charge in [0, 0.05) is 44.9 Å². The summed E-state index contributed by atoms with van der Waals surface area (Å²) in [4.78, 5) is 28.1. The van der Waals surface area contributed by atoms with Crippen LogP contribution in [0.1, 0.15) is 36.0 Å². The highest BCUT2D eigenvalue weighted by atomic mass is 16.2. The van der Waals surface area contributed by atoms with E-state index in [2.05, 4.69) is 10.2 Å². The first-order valence-electron chi connectivity index (χ1n) is 8.99. The van der Waals surface area contributed by atoms with Crippen LogP contribution in [0.3, 0.4) is 0 Å². The molecule has 0 radical (unpaired) electrons. The Labute approximate surface area is 153 Å². The van der Waals surface area contributed by atoms with Crippen LogP contribution in [0.4, 0.5) is 0 Å². The van der Waals surface area contributed by atoms with E-state index in [1.54, 1.807) is 36.2 Å². The molecular weight excluding hydrogens is 330 g/mol. The van der Waals surface area contributed by atoms with Crippen molar-refractivity contribution >= 4 is 11.8 Å². The maximum absolute atomic E-state index is 12.8. The fourth-order valence-corrected chi connectivity index (χ4v) is 3.33. The Balaban J connectivity index is 1.59. The number of hydrogen-bond donors (Lipinski definition) is 0. The molecule has 1 unspecified atom stereocenters. The van der Waals surface area contributed by atoms with Gasteiger partial charge in [0.25, 0.3) is 5.91 Å². The van der Waals surface area contributed by atoms with Crippen molar-refractivity contribution in [1.29, 1.82) is 0 Å². The van der Waals surface area contributed by atoms with Crippen molar-refractivity contribution in [3.05, 3.63) is 42.5 Å². The fourth-order valence-electron chi connectivity index (χ4n) is 3.33. The minimum absolute atomic E-state index is 0.0592. The summed E-state index contributed by atoms with van der Waals surface area (Å²) in [6.45, 7) is 1.51. The molecule has 1 aromatic carbocycles. The van der Waals surface area contributed by atoms with Crippen molar-refractivity contribution < 1.29 is 9.59 Å². The van der Waals surface area contributed by atoms with Gasteiger partial charge in [0.15, 0.2) is 0 Å². The Bertz CT molecular complexity index is 740. The van der Waals surface area contributed by atoms with Crippen molar-refractivity contribution in [3.63, 3.8) is 0 Å². The molecule has 0 N–H and O–H groups in total. The zero-order valence-corrected chi connectivity index (χ0v) is 15.3. The second kappa shape index (κ2) is 8.12. The number of aromatic nitrogens is 3. The quantitative estimate of drug-likeness (QED) is 0.822. The molecule has 2 amide bonds. The van der Waals surface area contributed by atoms with Crippen molar-refractivity contribution in [2.75, 3.05) is 27.2 Å². The lowest BCUT2D eigenvalue weighted by Crippen LogP contribution is -2.40. The number of nitrogens with zero attached hydrogens (tertiary/aromatic N) is 5. The maximum atomic E-state index is 12.8. The van der Waals surface area contributed by atoms with Crippen LogP contribution in [0.2, 0.25) is 0 Å². The van der Waals surface area contributed by atoms with E-state index >= 15 is 0 Å². The average Bonchev–Trinajstić information content (AvgIpc) is 3.20. The average molecular weight is 355 g/mol. The van der Waals surface area contributed by atoms with Crippen LogP contribution >= 0.6 is 0 Å². The third kappa shape index (κ3) is 4.28. The Morgan fingerprint density at radius 2 is 1.85 bits per heavy atom. The van der Waals surface area contributed by atoms with Gasteiger partial charge >= 0.3 is 0 Å². The largest absolute Gasteiger partial charge is 0.349 e. The molecule has 7 nitrogen and oxygen atoms in total. The minimum atomic E-state index is 0.0592. The Morgan fingerprint density at radius 3 is 2.50 bits per heavy atom. The predicted octanol–water partition coefficient (Wildman–Crippen LogP) is 1.99. The summed E-state index contributed by atoms with van der Waals surface area (Å²) in [5.41, 5.74) is 1.61. The van der Waals surface area contributed by atoms with Crippen LogP contribution in [0.5, 0.6) is 0 Å². The standard InChI is InChI=1S/C19H25N5O2/c1-22(2)18(25)10-5-15-4-3-11-23(12-15)19(26)16-6-8-17(9-7-16)24-13-20-21-14-24/h6-9,13-15H,3-5,10-12H2,1-2H3.